The normalized spacial score (nSPS) is 20.7. The Balaban J connectivity index is 1.88. The lowest BCUT2D eigenvalue weighted by molar-refractivity contribution is 0.281. The van der Waals surface area contributed by atoms with E-state index in [0.29, 0.717) is 0 Å². The Bertz CT molecular complexity index is 373. The quantitative estimate of drug-likeness (QED) is 0.841. The van der Waals surface area contributed by atoms with Crippen molar-refractivity contribution in [1.82, 2.24) is 10.2 Å². The van der Waals surface area contributed by atoms with Crippen LogP contribution in [0.3, 0.4) is 0 Å². The average Bonchev–Trinajstić information content (AvgIpc) is 2.89. The van der Waals surface area contributed by atoms with Crippen LogP contribution < -0.4 is 5.32 Å². The van der Waals surface area contributed by atoms with Crippen LogP contribution in [0.5, 0.6) is 0 Å². The summed E-state index contributed by atoms with van der Waals surface area (Å²) in [5.74, 6) is 3.08. The van der Waals surface area contributed by atoms with Crippen molar-refractivity contribution in [2.75, 3.05) is 20.1 Å². The van der Waals surface area contributed by atoms with Crippen LogP contribution in [0.4, 0.5) is 0 Å². The maximum Gasteiger partial charge on any atom is 0.118 e. The highest BCUT2D eigenvalue weighted by Gasteiger charge is 2.22. The first-order valence-electron chi connectivity index (χ1n) is 7.18. The van der Waals surface area contributed by atoms with Gasteiger partial charge in [-0.2, -0.15) is 0 Å². The number of hydrogen-bond acceptors (Lipinski definition) is 3. The molecule has 1 atom stereocenters. The Hall–Kier alpha value is -0.800. The van der Waals surface area contributed by atoms with Gasteiger partial charge < -0.3 is 9.73 Å². The van der Waals surface area contributed by atoms with Gasteiger partial charge in [-0.25, -0.2) is 0 Å². The van der Waals surface area contributed by atoms with Crippen LogP contribution in [-0.2, 0) is 13.1 Å². The lowest BCUT2D eigenvalue weighted by atomic mass is 10.0. The van der Waals surface area contributed by atoms with Gasteiger partial charge in [-0.15, -0.1) is 0 Å². The molecule has 1 saturated heterocycles. The van der Waals surface area contributed by atoms with E-state index < -0.39 is 0 Å². The van der Waals surface area contributed by atoms with Crippen molar-refractivity contribution in [2.24, 2.45) is 5.92 Å². The van der Waals surface area contributed by atoms with E-state index in [1.165, 1.54) is 37.9 Å². The minimum absolute atomic E-state index is 0.897. The predicted octanol–water partition coefficient (Wildman–Crippen LogP) is 2.93. The van der Waals surface area contributed by atoms with Crippen molar-refractivity contribution >= 4 is 0 Å². The Morgan fingerprint density at radius 3 is 3.06 bits per heavy atom. The Morgan fingerprint density at radius 1 is 1.50 bits per heavy atom. The minimum atomic E-state index is 0.897. The van der Waals surface area contributed by atoms with E-state index in [-0.39, 0.29) is 0 Å². The summed E-state index contributed by atoms with van der Waals surface area (Å²) in [4.78, 5) is 2.53. The SMILES string of the molecule is CCCC1CCN(Cc2cc(CNC)c(C)o2)C1. The third-order valence-corrected chi connectivity index (χ3v) is 3.89. The van der Waals surface area contributed by atoms with Crippen molar-refractivity contribution in [2.45, 2.75) is 46.2 Å². The monoisotopic (exact) mass is 250 g/mol. The summed E-state index contributed by atoms with van der Waals surface area (Å²) in [6.45, 7) is 8.68. The fourth-order valence-corrected chi connectivity index (χ4v) is 2.95. The molecule has 102 valence electrons. The van der Waals surface area contributed by atoms with Gasteiger partial charge in [-0.3, -0.25) is 4.90 Å². The van der Waals surface area contributed by atoms with E-state index in [2.05, 4.69) is 30.1 Å². The molecule has 1 fully saturated rings. The van der Waals surface area contributed by atoms with Gasteiger partial charge in [0.05, 0.1) is 6.54 Å². The summed E-state index contributed by atoms with van der Waals surface area (Å²) in [6, 6.07) is 2.21. The van der Waals surface area contributed by atoms with Crippen molar-refractivity contribution in [1.29, 1.82) is 0 Å². The second-order valence-corrected chi connectivity index (χ2v) is 5.50. The average molecular weight is 250 g/mol. The zero-order valence-electron chi connectivity index (χ0n) is 12.0. The number of hydrogen-bond donors (Lipinski definition) is 1. The summed E-state index contributed by atoms with van der Waals surface area (Å²) in [5.41, 5.74) is 1.29. The maximum atomic E-state index is 5.84. The fourth-order valence-electron chi connectivity index (χ4n) is 2.95. The van der Waals surface area contributed by atoms with Crippen LogP contribution >= 0.6 is 0 Å². The molecule has 0 saturated carbocycles. The first-order valence-corrected chi connectivity index (χ1v) is 7.18. The lowest BCUT2D eigenvalue weighted by Crippen LogP contribution is -2.19. The smallest absolute Gasteiger partial charge is 0.118 e. The molecular formula is C15H26N2O. The summed E-state index contributed by atoms with van der Waals surface area (Å²) in [7, 11) is 1.97. The minimum Gasteiger partial charge on any atom is -0.465 e. The number of furan rings is 1. The summed E-state index contributed by atoms with van der Waals surface area (Å²) in [5, 5.41) is 3.18. The zero-order valence-corrected chi connectivity index (χ0v) is 12.0. The highest BCUT2D eigenvalue weighted by molar-refractivity contribution is 5.20. The molecule has 1 aliphatic heterocycles. The molecule has 0 bridgehead atoms. The second-order valence-electron chi connectivity index (χ2n) is 5.50. The zero-order chi connectivity index (χ0) is 13.0. The molecule has 0 amide bonds. The highest BCUT2D eigenvalue weighted by Crippen LogP contribution is 2.24. The van der Waals surface area contributed by atoms with Crippen LogP contribution in [0.2, 0.25) is 0 Å². The molecule has 0 aliphatic carbocycles. The van der Waals surface area contributed by atoms with E-state index >= 15 is 0 Å². The second kappa shape index (κ2) is 6.39. The molecule has 18 heavy (non-hydrogen) atoms. The van der Waals surface area contributed by atoms with Gasteiger partial charge >= 0.3 is 0 Å². The predicted molar refractivity (Wildman–Crippen MR) is 74.5 cm³/mol. The molecule has 2 heterocycles. The van der Waals surface area contributed by atoms with E-state index in [0.717, 1.165) is 30.5 Å². The van der Waals surface area contributed by atoms with Crippen molar-refractivity contribution < 1.29 is 4.42 Å². The van der Waals surface area contributed by atoms with Crippen LogP contribution in [0.15, 0.2) is 10.5 Å². The van der Waals surface area contributed by atoms with Gasteiger partial charge in [0, 0.05) is 18.7 Å². The van der Waals surface area contributed by atoms with Crippen LogP contribution in [0, 0.1) is 12.8 Å². The molecule has 3 heteroatoms. The first-order chi connectivity index (χ1) is 8.72. The van der Waals surface area contributed by atoms with Gasteiger partial charge in [0.2, 0.25) is 0 Å². The molecule has 1 unspecified atom stereocenters. The van der Waals surface area contributed by atoms with Crippen LogP contribution in [-0.4, -0.2) is 25.0 Å². The third-order valence-electron chi connectivity index (χ3n) is 3.89. The Kier molecular flexibility index (Phi) is 4.84. The maximum absolute atomic E-state index is 5.84. The molecule has 1 aromatic rings. The fraction of sp³-hybridized carbons (Fsp3) is 0.733. The summed E-state index contributed by atoms with van der Waals surface area (Å²) in [6.07, 6.45) is 4.04. The third kappa shape index (κ3) is 3.36. The van der Waals surface area contributed by atoms with Crippen molar-refractivity contribution in [3.05, 3.63) is 23.2 Å². The molecule has 2 rings (SSSR count). The van der Waals surface area contributed by atoms with Gasteiger partial charge in [0.1, 0.15) is 11.5 Å². The topological polar surface area (TPSA) is 28.4 Å². The van der Waals surface area contributed by atoms with Crippen LogP contribution in [0.1, 0.15) is 43.3 Å². The van der Waals surface area contributed by atoms with E-state index in [4.69, 9.17) is 4.42 Å². The van der Waals surface area contributed by atoms with Crippen molar-refractivity contribution in [3.63, 3.8) is 0 Å². The van der Waals surface area contributed by atoms with Gasteiger partial charge in [-0.1, -0.05) is 13.3 Å². The van der Waals surface area contributed by atoms with Gasteiger partial charge in [-0.05, 0) is 45.3 Å². The molecule has 3 nitrogen and oxygen atoms in total. The summed E-state index contributed by atoms with van der Waals surface area (Å²) >= 11 is 0. The number of likely N-dealkylation sites (tertiary alicyclic amines) is 1. The number of nitrogens with one attached hydrogen (secondary N) is 1. The largest absolute Gasteiger partial charge is 0.465 e. The van der Waals surface area contributed by atoms with E-state index in [9.17, 15) is 0 Å². The molecule has 1 aromatic heterocycles. The van der Waals surface area contributed by atoms with E-state index in [1.54, 1.807) is 0 Å². The number of aryl methyl sites for hydroxylation is 1. The standard InChI is InChI=1S/C15H26N2O/c1-4-5-13-6-7-17(10-13)11-15-8-14(9-16-3)12(2)18-15/h8,13,16H,4-7,9-11H2,1-3H3. The first kappa shape index (κ1) is 13.6. The molecule has 1 aliphatic rings. The lowest BCUT2D eigenvalue weighted by Gasteiger charge is -2.13. The Labute approximate surface area is 111 Å². The Morgan fingerprint density at radius 2 is 2.33 bits per heavy atom. The highest BCUT2D eigenvalue weighted by atomic mass is 16.3. The molecular weight excluding hydrogens is 224 g/mol. The number of rotatable bonds is 6. The number of nitrogens with zero attached hydrogens (tertiary/aromatic N) is 1. The van der Waals surface area contributed by atoms with E-state index in [1.807, 2.05) is 7.05 Å². The molecule has 0 spiro atoms. The molecule has 1 N–H and O–H groups in total. The molecule has 0 aromatic carbocycles. The van der Waals surface area contributed by atoms with Gasteiger partial charge in [0.25, 0.3) is 0 Å². The van der Waals surface area contributed by atoms with Crippen LogP contribution in [0.25, 0.3) is 0 Å². The summed E-state index contributed by atoms with van der Waals surface area (Å²) < 4.78 is 5.84. The van der Waals surface area contributed by atoms with Gasteiger partial charge in [0.15, 0.2) is 0 Å². The van der Waals surface area contributed by atoms with Crippen molar-refractivity contribution in [3.8, 4) is 0 Å². The molecule has 0 radical (unpaired) electrons.